The van der Waals surface area contributed by atoms with Gasteiger partial charge in [0, 0.05) is 30.1 Å². The molecule has 0 spiro atoms. The lowest BCUT2D eigenvalue weighted by molar-refractivity contribution is 0.110. The molecule has 2 atom stereocenters. The van der Waals surface area contributed by atoms with Crippen LogP contribution < -0.4 is 5.32 Å². The fourth-order valence-corrected chi connectivity index (χ4v) is 3.64. The first-order chi connectivity index (χ1) is 11.2. The second-order valence-electron chi connectivity index (χ2n) is 5.67. The molecule has 7 heteroatoms. The number of anilines is 1. The number of amides is 2. The van der Waals surface area contributed by atoms with E-state index in [1.54, 1.807) is 29.5 Å². The smallest absolute Gasteiger partial charge is 0.323 e. The standard InChI is InChI=1S/C16H21N3O3S/c1-2-12-10-17-15(23-12)18-16(21)19-7-3-5-11(19)9-13(20)14-6-4-8-22-14/h4,6,8,10-11,13,20H,2-3,5,7,9H2,1H3,(H,17,18,21). The summed E-state index contributed by atoms with van der Waals surface area (Å²) in [5.74, 6) is 0.546. The molecule has 0 saturated carbocycles. The number of aromatic nitrogens is 1. The molecule has 1 aliphatic heterocycles. The maximum Gasteiger partial charge on any atom is 0.323 e. The zero-order chi connectivity index (χ0) is 16.2. The Balaban J connectivity index is 1.60. The summed E-state index contributed by atoms with van der Waals surface area (Å²) in [7, 11) is 0. The van der Waals surface area contributed by atoms with Gasteiger partial charge in [0.25, 0.3) is 0 Å². The Morgan fingerprint density at radius 2 is 2.52 bits per heavy atom. The van der Waals surface area contributed by atoms with Crippen molar-refractivity contribution in [3.05, 3.63) is 35.2 Å². The van der Waals surface area contributed by atoms with Crippen LogP contribution in [0.15, 0.2) is 29.0 Å². The van der Waals surface area contributed by atoms with Gasteiger partial charge in [-0.3, -0.25) is 5.32 Å². The van der Waals surface area contributed by atoms with Crippen molar-refractivity contribution in [3.63, 3.8) is 0 Å². The molecule has 0 bridgehead atoms. The third kappa shape index (κ3) is 3.73. The number of urea groups is 1. The number of aliphatic hydroxyl groups excluding tert-OH is 1. The van der Waals surface area contributed by atoms with Crippen molar-refractivity contribution in [1.82, 2.24) is 9.88 Å². The lowest BCUT2D eigenvalue weighted by Crippen LogP contribution is -2.39. The summed E-state index contributed by atoms with van der Waals surface area (Å²) >= 11 is 1.50. The van der Waals surface area contributed by atoms with Crippen LogP contribution in [-0.4, -0.2) is 33.6 Å². The molecular formula is C16H21N3O3S. The molecule has 3 rings (SSSR count). The van der Waals surface area contributed by atoms with E-state index in [1.807, 2.05) is 0 Å². The molecule has 124 valence electrons. The summed E-state index contributed by atoms with van der Waals surface area (Å²) in [5.41, 5.74) is 0. The van der Waals surface area contributed by atoms with Gasteiger partial charge in [-0.2, -0.15) is 0 Å². The van der Waals surface area contributed by atoms with Crippen LogP contribution in [0.1, 0.15) is 42.9 Å². The van der Waals surface area contributed by atoms with E-state index in [9.17, 15) is 9.90 Å². The van der Waals surface area contributed by atoms with Gasteiger partial charge in [0.1, 0.15) is 11.9 Å². The SMILES string of the molecule is CCc1cnc(NC(=O)N2CCCC2CC(O)c2ccco2)s1. The van der Waals surface area contributed by atoms with Crippen molar-refractivity contribution in [1.29, 1.82) is 0 Å². The molecule has 2 amide bonds. The topological polar surface area (TPSA) is 78.6 Å². The van der Waals surface area contributed by atoms with Crippen molar-refractivity contribution < 1.29 is 14.3 Å². The quantitative estimate of drug-likeness (QED) is 0.877. The van der Waals surface area contributed by atoms with Gasteiger partial charge in [-0.25, -0.2) is 9.78 Å². The summed E-state index contributed by atoms with van der Waals surface area (Å²) in [4.78, 5) is 19.6. The third-order valence-corrected chi connectivity index (χ3v) is 5.18. The second-order valence-corrected chi connectivity index (χ2v) is 6.79. The van der Waals surface area contributed by atoms with E-state index in [0.29, 0.717) is 23.9 Å². The lowest BCUT2D eigenvalue weighted by atomic mass is 10.1. The van der Waals surface area contributed by atoms with Crippen LogP contribution in [0.3, 0.4) is 0 Å². The monoisotopic (exact) mass is 335 g/mol. The van der Waals surface area contributed by atoms with Crippen LogP contribution in [-0.2, 0) is 6.42 Å². The summed E-state index contributed by atoms with van der Waals surface area (Å²) < 4.78 is 5.23. The number of carbonyl (C=O) groups is 1. The predicted octanol–water partition coefficient (Wildman–Crippen LogP) is 3.42. The Hall–Kier alpha value is -1.86. The summed E-state index contributed by atoms with van der Waals surface area (Å²) in [5, 5.41) is 13.7. The van der Waals surface area contributed by atoms with Crippen molar-refractivity contribution in [3.8, 4) is 0 Å². The minimum absolute atomic E-state index is 0.0145. The molecule has 6 nitrogen and oxygen atoms in total. The van der Waals surface area contributed by atoms with Gasteiger partial charge in [0.2, 0.25) is 0 Å². The Kier molecular flexibility index (Phi) is 4.97. The zero-order valence-electron chi connectivity index (χ0n) is 13.1. The Morgan fingerprint density at radius 1 is 1.65 bits per heavy atom. The first kappa shape index (κ1) is 16.0. The first-order valence-electron chi connectivity index (χ1n) is 7.91. The van der Waals surface area contributed by atoms with Gasteiger partial charge in [0.15, 0.2) is 5.13 Å². The molecule has 0 aromatic carbocycles. The second kappa shape index (κ2) is 7.14. The van der Waals surface area contributed by atoms with Gasteiger partial charge < -0.3 is 14.4 Å². The minimum atomic E-state index is -0.685. The highest BCUT2D eigenvalue weighted by Crippen LogP contribution is 2.28. The molecule has 0 radical (unpaired) electrons. The molecule has 0 aliphatic carbocycles. The number of rotatable bonds is 5. The van der Waals surface area contributed by atoms with Crippen LogP contribution in [0.25, 0.3) is 0 Å². The molecule has 2 N–H and O–H groups in total. The van der Waals surface area contributed by atoms with Crippen molar-refractivity contribution in [2.75, 3.05) is 11.9 Å². The number of hydrogen-bond donors (Lipinski definition) is 2. The predicted molar refractivity (Wildman–Crippen MR) is 88.5 cm³/mol. The molecule has 2 unspecified atom stereocenters. The van der Waals surface area contributed by atoms with Gasteiger partial charge in [-0.15, -0.1) is 11.3 Å². The fourth-order valence-electron chi connectivity index (χ4n) is 2.89. The number of carbonyl (C=O) groups excluding carboxylic acids is 1. The van der Waals surface area contributed by atoms with Crippen molar-refractivity contribution >= 4 is 22.5 Å². The van der Waals surface area contributed by atoms with E-state index >= 15 is 0 Å². The van der Waals surface area contributed by atoms with Gasteiger partial charge >= 0.3 is 6.03 Å². The van der Waals surface area contributed by atoms with Gasteiger partial charge in [0.05, 0.1) is 6.26 Å². The van der Waals surface area contributed by atoms with Gasteiger partial charge in [-0.05, 0) is 31.4 Å². The molecule has 1 aliphatic rings. The average Bonchev–Trinajstić information content (AvgIpc) is 3.28. The maximum absolute atomic E-state index is 12.5. The van der Waals surface area contributed by atoms with Crippen molar-refractivity contribution in [2.24, 2.45) is 0 Å². The lowest BCUT2D eigenvalue weighted by Gasteiger charge is -2.25. The largest absolute Gasteiger partial charge is 0.467 e. The van der Waals surface area contributed by atoms with E-state index < -0.39 is 6.10 Å². The number of thiazole rings is 1. The van der Waals surface area contributed by atoms with Crippen LogP contribution in [0.5, 0.6) is 0 Å². The number of aryl methyl sites for hydroxylation is 1. The average molecular weight is 335 g/mol. The number of likely N-dealkylation sites (tertiary alicyclic amines) is 1. The zero-order valence-corrected chi connectivity index (χ0v) is 13.9. The molecule has 23 heavy (non-hydrogen) atoms. The van der Waals surface area contributed by atoms with Crippen LogP contribution in [0, 0.1) is 0 Å². The van der Waals surface area contributed by atoms with Crippen LogP contribution in [0.4, 0.5) is 9.93 Å². The van der Waals surface area contributed by atoms with Gasteiger partial charge in [-0.1, -0.05) is 6.92 Å². The van der Waals surface area contributed by atoms with E-state index in [2.05, 4.69) is 17.2 Å². The minimum Gasteiger partial charge on any atom is -0.467 e. The van der Waals surface area contributed by atoms with E-state index in [-0.39, 0.29) is 12.1 Å². The number of nitrogens with one attached hydrogen (secondary N) is 1. The summed E-state index contributed by atoms with van der Waals surface area (Å²) in [6.07, 6.45) is 5.89. The maximum atomic E-state index is 12.5. The number of hydrogen-bond acceptors (Lipinski definition) is 5. The molecular weight excluding hydrogens is 314 g/mol. The number of nitrogens with zero attached hydrogens (tertiary/aromatic N) is 2. The number of furan rings is 1. The third-order valence-electron chi connectivity index (χ3n) is 4.12. The van der Waals surface area contributed by atoms with Crippen LogP contribution in [0.2, 0.25) is 0 Å². The molecule has 1 saturated heterocycles. The molecule has 3 heterocycles. The first-order valence-corrected chi connectivity index (χ1v) is 8.72. The van der Waals surface area contributed by atoms with Crippen molar-refractivity contribution in [2.45, 2.75) is 44.8 Å². The summed E-state index contributed by atoms with van der Waals surface area (Å²) in [6, 6.07) is 3.38. The molecule has 2 aromatic rings. The van der Waals surface area contributed by atoms with E-state index in [1.165, 1.54) is 11.3 Å². The summed E-state index contributed by atoms with van der Waals surface area (Å²) in [6.45, 7) is 2.76. The highest BCUT2D eigenvalue weighted by molar-refractivity contribution is 7.15. The van der Waals surface area contributed by atoms with Crippen LogP contribution >= 0.6 is 11.3 Å². The van der Waals surface area contributed by atoms with E-state index in [4.69, 9.17) is 4.42 Å². The highest BCUT2D eigenvalue weighted by Gasteiger charge is 2.31. The number of aliphatic hydroxyl groups is 1. The van der Waals surface area contributed by atoms with E-state index in [0.717, 1.165) is 24.1 Å². The normalized spacial score (nSPS) is 19.0. The molecule has 2 aromatic heterocycles. The highest BCUT2D eigenvalue weighted by atomic mass is 32.1. The Morgan fingerprint density at radius 3 is 3.22 bits per heavy atom. The Bertz CT molecular complexity index is 641. The fraction of sp³-hybridized carbons (Fsp3) is 0.500. The Labute approximate surface area is 139 Å². The molecule has 1 fully saturated rings.